The maximum Gasteiger partial charge on any atom is 0.328 e. The third-order valence-corrected chi connectivity index (χ3v) is 3.91. The highest BCUT2D eigenvalue weighted by Crippen LogP contribution is 2.17. The van der Waals surface area contributed by atoms with Gasteiger partial charge in [-0.15, -0.1) is 0 Å². The van der Waals surface area contributed by atoms with Gasteiger partial charge < -0.3 is 30.8 Å². The summed E-state index contributed by atoms with van der Waals surface area (Å²) in [6.45, 7) is 6.80. The Labute approximate surface area is 204 Å². The molecule has 2 aromatic rings. The smallest absolute Gasteiger partial charge is 0.328 e. The highest BCUT2D eigenvalue weighted by molar-refractivity contribution is 5.89. The minimum atomic E-state index is -1.26. The summed E-state index contributed by atoms with van der Waals surface area (Å²) >= 11 is 0. The molecular formula is C26H30N2O7. The Morgan fingerprint density at radius 2 is 1.54 bits per heavy atom. The van der Waals surface area contributed by atoms with E-state index in [2.05, 4.69) is 44.0 Å². The summed E-state index contributed by atoms with van der Waals surface area (Å²) in [6.07, 6.45) is 0.513. The van der Waals surface area contributed by atoms with Crippen LogP contribution in [0.15, 0.2) is 60.7 Å². The molecule has 0 aliphatic heterocycles. The van der Waals surface area contributed by atoms with Crippen molar-refractivity contribution in [2.75, 3.05) is 13.2 Å². The van der Waals surface area contributed by atoms with Gasteiger partial charge in [-0.3, -0.25) is 0 Å². The quantitative estimate of drug-likeness (QED) is 0.343. The number of para-hydroxylation sites is 1. The Balaban J connectivity index is 0.00000111. The summed E-state index contributed by atoms with van der Waals surface area (Å²) in [5.74, 6) is 4.29. The fraction of sp³-hybridized carbons (Fsp3) is 0.269. The summed E-state index contributed by atoms with van der Waals surface area (Å²) in [6, 6.07) is 16.7. The van der Waals surface area contributed by atoms with Gasteiger partial charge in [-0.2, -0.15) is 5.26 Å². The van der Waals surface area contributed by atoms with Crippen molar-refractivity contribution in [3.05, 3.63) is 77.4 Å². The number of carbonyl (C=O) groups is 2. The molecule has 0 radical (unpaired) electrons. The van der Waals surface area contributed by atoms with Gasteiger partial charge in [0.1, 0.15) is 18.5 Å². The first-order valence-corrected chi connectivity index (χ1v) is 10.3. The van der Waals surface area contributed by atoms with Crippen molar-refractivity contribution in [2.24, 2.45) is 0 Å². The minimum absolute atomic E-state index is 0. The number of aliphatic hydroxyl groups is 1. The largest absolute Gasteiger partial charge is 0.490 e. The van der Waals surface area contributed by atoms with Crippen LogP contribution in [-0.4, -0.2) is 57.5 Å². The average molecular weight is 483 g/mol. The molecular weight excluding hydrogens is 452 g/mol. The number of carboxylic acid groups (broad SMARTS) is 2. The number of nitriles is 1. The molecule has 0 heterocycles. The van der Waals surface area contributed by atoms with Crippen molar-refractivity contribution in [1.29, 1.82) is 5.26 Å². The molecule has 186 valence electrons. The van der Waals surface area contributed by atoms with Crippen LogP contribution in [0.3, 0.4) is 0 Å². The molecule has 6 N–H and O–H groups in total. The number of aliphatic carboxylic acids is 2. The predicted octanol–water partition coefficient (Wildman–Crippen LogP) is 1.97. The highest BCUT2D eigenvalue weighted by atomic mass is 16.5. The summed E-state index contributed by atoms with van der Waals surface area (Å²) < 4.78 is 5.75. The van der Waals surface area contributed by atoms with E-state index in [9.17, 15) is 14.7 Å². The molecule has 0 fully saturated rings. The van der Waals surface area contributed by atoms with Gasteiger partial charge in [-0.1, -0.05) is 24.0 Å². The SMILES string of the molecule is CC(C)(C)NCC(O)COc1ccccc1C#Cc1ccc(C#N)cc1.O.O=C(O)/C=C/C(=O)O. The molecule has 1 atom stereocenters. The first kappa shape index (κ1) is 30.9. The predicted molar refractivity (Wildman–Crippen MR) is 131 cm³/mol. The van der Waals surface area contributed by atoms with Gasteiger partial charge in [-0.25, -0.2) is 9.59 Å². The third kappa shape index (κ3) is 14.6. The van der Waals surface area contributed by atoms with Gasteiger partial charge in [0.05, 0.1) is 17.2 Å². The Hall–Kier alpha value is -4.15. The highest BCUT2D eigenvalue weighted by Gasteiger charge is 2.13. The molecule has 0 amide bonds. The summed E-state index contributed by atoms with van der Waals surface area (Å²) in [5, 5.41) is 37.8. The van der Waals surface area contributed by atoms with Crippen LogP contribution in [0.4, 0.5) is 0 Å². The number of rotatable bonds is 7. The Morgan fingerprint density at radius 3 is 2.06 bits per heavy atom. The van der Waals surface area contributed by atoms with Gasteiger partial charge in [-0.05, 0) is 57.2 Å². The lowest BCUT2D eigenvalue weighted by molar-refractivity contribution is -0.134. The molecule has 35 heavy (non-hydrogen) atoms. The second-order valence-electron chi connectivity index (χ2n) is 8.04. The van der Waals surface area contributed by atoms with Crippen molar-refractivity contribution in [2.45, 2.75) is 32.4 Å². The van der Waals surface area contributed by atoms with Gasteiger partial charge >= 0.3 is 11.9 Å². The number of carboxylic acids is 2. The normalized spacial score (nSPS) is 10.9. The Bertz CT molecular complexity index is 1070. The van der Waals surface area contributed by atoms with Crippen LogP contribution in [0.5, 0.6) is 5.75 Å². The molecule has 1 unspecified atom stereocenters. The Kier molecular flexibility index (Phi) is 13.8. The van der Waals surface area contributed by atoms with Crippen molar-refractivity contribution < 1.29 is 35.1 Å². The van der Waals surface area contributed by atoms with E-state index in [0.29, 0.717) is 30.0 Å². The van der Waals surface area contributed by atoms with Crippen LogP contribution < -0.4 is 10.1 Å². The van der Waals surface area contributed by atoms with Gasteiger partial charge in [0.15, 0.2) is 0 Å². The van der Waals surface area contributed by atoms with E-state index in [-0.39, 0.29) is 17.6 Å². The first-order valence-electron chi connectivity index (χ1n) is 10.3. The van der Waals surface area contributed by atoms with Crippen molar-refractivity contribution in [1.82, 2.24) is 5.32 Å². The lowest BCUT2D eigenvalue weighted by Crippen LogP contribution is -2.42. The Morgan fingerprint density at radius 1 is 1.00 bits per heavy atom. The first-order chi connectivity index (χ1) is 16.0. The summed E-state index contributed by atoms with van der Waals surface area (Å²) in [5.41, 5.74) is 2.14. The van der Waals surface area contributed by atoms with Gasteiger partial charge in [0, 0.05) is 29.8 Å². The summed E-state index contributed by atoms with van der Waals surface area (Å²) in [7, 11) is 0. The molecule has 0 spiro atoms. The molecule has 0 saturated carbocycles. The fourth-order valence-corrected chi connectivity index (χ4v) is 2.27. The van der Waals surface area contributed by atoms with E-state index in [1.54, 1.807) is 12.1 Å². The van der Waals surface area contributed by atoms with E-state index in [0.717, 1.165) is 11.1 Å². The summed E-state index contributed by atoms with van der Waals surface area (Å²) in [4.78, 5) is 19.1. The van der Waals surface area contributed by atoms with Gasteiger partial charge in [0.25, 0.3) is 0 Å². The van der Waals surface area contributed by atoms with Crippen LogP contribution in [0, 0.1) is 23.2 Å². The number of β-amino-alcohol motifs (C(OH)–C–C–N with tert-alkyl or cyclic N) is 1. The maximum absolute atomic E-state index is 10.1. The average Bonchev–Trinajstić information content (AvgIpc) is 2.79. The molecule has 2 aromatic carbocycles. The number of nitrogens with zero attached hydrogens (tertiary/aromatic N) is 1. The lowest BCUT2D eigenvalue weighted by Gasteiger charge is -2.23. The number of aliphatic hydroxyl groups excluding tert-OH is 1. The van der Waals surface area contributed by atoms with Crippen LogP contribution in [0.25, 0.3) is 0 Å². The van der Waals surface area contributed by atoms with E-state index in [1.807, 2.05) is 36.4 Å². The van der Waals surface area contributed by atoms with Crippen molar-refractivity contribution in [3.8, 4) is 23.7 Å². The molecule has 0 aromatic heterocycles. The molecule has 9 heteroatoms. The zero-order valence-electron chi connectivity index (χ0n) is 19.8. The van der Waals surface area contributed by atoms with Crippen LogP contribution in [0.1, 0.15) is 37.5 Å². The molecule has 0 bridgehead atoms. The zero-order valence-corrected chi connectivity index (χ0v) is 19.8. The number of ether oxygens (including phenoxy) is 1. The fourth-order valence-electron chi connectivity index (χ4n) is 2.27. The minimum Gasteiger partial charge on any atom is -0.490 e. The van der Waals surface area contributed by atoms with Crippen LogP contribution >= 0.6 is 0 Å². The van der Waals surface area contributed by atoms with E-state index < -0.39 is 18.0 Å². The van der Waals surface area contributed by atoms with E-state index >= 15 is 0 Å². The van der Waals surface area contributed by atoms with E-state index in [1.165, 1.54) is 0 Å². The van der Waals surface area contributed by atoms with Crippen molar-refractivity contribution in [3.63, 3.8) is 0 Å². The maximum atomic E-state index is 10.1. The van der Waals surface area contributed by atoms with Crippen LogP contribution in [-0.2, 0) is 9.59 Å². The van der Waals surface area contributed by atoms with Crippen molar-refractivity contribution >= 4 is 11.9 Å². The molecule has 0 saturated heterocycles. The number of nitrogens with one attached hydrogen (secondary N) is 1. The number of hydrogen-bond acceptors (Lipinski definition) is 6. The van der Waals surface area contributed by atoms with E-state index in [4.69, 9.17) is 20.2 Å². The molecule has 9 nitrogen and oxygen atoms in total. The van der Waals surface area contributed by atoms with Crippen LogP contribution in [0.2, 0.25) is 0 Å². The standard InChI is InChI=1S/C22H24N2O2.C4H4O4.H2O/c1-22(2,3)24-15-20(25)16-26-21-7-5-4-6-19(21)13-12-17-8-10-18(14-23)11-9-17;5-3(6)1-2-4(7)8;/h4-11,20,24-25H,15-16H2,1-3H3;1-2H,(H,5,6)(H,7,8);1H2/b;2-1+;. The number of benzene rings is 2. The zero-order chi connectivity index (χ0) is 25.6. The molecule has 2 rings (SSSR count). The second-order valence-corrected chi connectivity index (χ2v) is 8.04. The lowest BCUT2D eigenvalue weighted by atomic mass is 10.1. The van der Waals surface area contributed by atoms with Gasteiger partial charge in [0.2, 0.25) is 0 Å². The monoisotopic (exact) mass is 482 g/mol. The molecule has 0 aliphatic carbocycles. The second kappa shape index (κ2) is 15.6. The number of hydrogen-bond donors (Lipinski definition) is 4. The topological polar surface area (TPSA) is 171 Å². The molecule has 0 aliphatic rings. The third-order valence-electron chi connectivity index (χ3n) is 3.91.